The lowest BCUT2D eigenvalue weighted by Crippen LogP contribution is -2.37. The van der Waals surface area contributed by atoms with Crippen molar-refractivity contribution in [3.8, 4) is 11.5 Å². The van der Waals surface area contributed by atoms with Crippen molar-refractivity contribution in [2.24, 2.45) is 0 Å². The second-order valence-corrected chi connectivity index (χ2v) is 12.0. The number of benzene rings is 3. The fourth-order valence-corrected chi connectivity index (χ4v) is 6.64. The molecule has 11 heteroatoms. The number of carboxylic acid groups (broad SMARTS) is 1. The van der Waals surface area contributed by atoms with Gasteiger partial charge < -0.3 is 14.0 Å². The molecule has 2 atom stereocenters. The number of nitrogens with zero attached hydrogens (tertiary/aromatic N) is 4. The summed E-state index contributed by atoms with van der Waals surface area (Å²) in [6.45, 7) is 5.25. The maximum Gasteiger partial charge on any atom is 0.385 e. The molecule has 208 valence electrons. The van der Waals surface area contributed by atoms with E-state index in [0.717, 1.165) is 57.3 Å². The standard InChI is InChI=1S/C29H30N4O6S/c1-18-5-6-20-13-21(18)16-32-17-22-14-23(7-10-27(22)39-40(32,36)37)38-12-4-3-11-33-26-9-8-24(25(20)15-28(34)35)19(2)29(26)30-31-33/h5-10,13-14,25H,3-4,11-12,15-17H2,1-2H3,(H,34,35). The first-order valence-electron chi connectivity index (χ1n) is 13.3. The van der Waals surface area contributed by atoms with Gasteiger partial charge in [-0.25, -0.2) is 4.68 Å². The van der Waals surface area contributed by atoms with Crippen molar-refractivity contribution in [3.63, 3.8) is 0 Å². The minimum Gasteiger partial charge on any atom is -0.494 e. The van der Waals surface area contributed by atoms with Gasteiger partial charge in [-0.2, -0.15) is 12.7 Å². The molecule has 3 aromatic carbocycles. The number of aryl methyl sites for hydroxylation is 3. The Morgan fingerprint density at radius 3 is 2.70 bits per heavy atom. The first kappa shape index (κ1) is 26.3. The average molecular weight is 563 g/mol. The topological polar surface area (TPSA) is 124 Å². The SMILES string of the molecule is Cc1ccc2cc1CN1Cc3cc(ccc3OS1(=O)=O)OCCCCn1nnc3c(C)c(ccc31)C2CC(=O)O. The highest BCUT2D eigenvalue weighted by molar-refractivity contribution is 7.84. The summed E-state index contributed by atoms with van der Waals surface area (Å²) in [5.41, 5.74) is 6.57. The summed E-state index contributed by atoms with van der Waals surface area (Å²) >= 11 is 0. The van der Waals surface area contributed by atoms with Crippen LogP contribution in [-0.4, -0.2) is 45.4 Å². The summed E-state index contributed by atoms with van der Waals surface area (Å²) in [6.07, 6.45) is 1.50. The molecule has 0 spiro atoms. The molecule has 7 rings (SSSR count). The number of rotatable bonds is 2. The molecule has 4 heterocycles. The van der Waals surface area contributed by atoms with Gasteiger partial charge in [-0.3, -0.25) is 4.79 Å². The minimum atomic E-state index is -4.03. The Balaban J connectivity index is 1.47. The average Bonchev–Trinajstić information content (AvgIpc) is 3.32. The zero-order valence-electron chi connectivity index (χ0n) is 22.3. The third kappa shape index (κ3) is 4.90. The van der Waals surface area contributed by atoms with E-state index in [2.05, 4.69) is 10.3 Å². The van der Waals surface area contributed by atoms with E-state index < -0.39 is 22.2 Å². The lowest BCUT2D eigenvalue weighted by Gasteiger charge is -2.29. The van der Waals surface area contributed by atoms with E-state index in [9.17, 15) is 18.3 Å². The maximum absolute atomic E-state index is 13.1. The predicted molar refractivity (Wildman–Crippen MR) is 148 cm³/mol. The highest BCUT2D eigenvalue weighted by Crippen LogP contribution is 2.36. The van der Waals surface area contributed by atoms with Gasteiger partial charge in [0.05, 0.1) is 18.5 Å². The number of carboxylic acids is 1. The Bertz CT molecular complexity index is 1730. The van der Waals surface area contributed by atoms with Crippen LogP contribution in [-0.2, 0) is 34.7 Å². The monoisotopic (exact) mass is 562 g/mol. The molecular formula is C29H30N4O6S. The first-order chi connectivity index (χ1) is 19.2. The van der Waals surface area contributed by atoms with Crippen molar-refractivity contribution in [3.05, 3.63) is 81.9 Å². The molecule has 0 amide bonds. The summed E-state index contributed by atoms with van der Waals surface area (Å²) in [5, 5.41) is 18.7. The highest BCUT2D eigenvalue weighted by atomic mass is 32.2. The van der Waals surface area contributed by atoms with Crippen LogP contribution in [0.1, 0.15) is 58.6 Å². The van der Waals surface area contributed by atoms with Gasteiger partial charge in [0.15, 0.2) is 0 Å². The van der Waals surface area contributed by atoms with Crippen LogP contribution in [0.2, 0.25) is 0 Å². The fourth-order valence-electron chi connectivity index (χ4n) is 5.55. The lowest BCUT2D eigenvalue weighted by atomic mass is 9.84. The molecule has 1 N–H and O–H groups in total. The molecule has 10 nitrogen and oxygen atoms in total. The van der Waals surface area contributed by atoms with Crippen LogP contribution in [0.25, 0.3) is 11.0 Å². The Kier molecular flexibility index (Phi) is 6.71. The van der Waals surface area contributed by atoms with E-state index in [0.29, 0.717) is 24.7 Å². The van der Waals surface area contributed by atoms with E-state index in [1.807, 2.05) is 54.9 Å². The second-order valence-electron chi connectivity index (χ2n) is 10.4. The van der Waals surface area contributed by atoms with Crippen molar-refractivity contribution in [2.75, 3.05) is 6.61 Å². The van der Waals surface area contributed by atoms with Crippen LogP contribution in [0.15, 0.2) is 48.5 Å². The Morgan fingerprint density at radius 1 is 1.05 bits per heavy atom. The molecule has 2 unspecified atom stereocenters. The zero-order chi connectivity index (χ0) is 28.0. The Hall–Kier alpha value is -3.96. The smallest absolute Gasteiger partial charge is 0.385 e. The zero-order valence-corrected chi connectivity index (χ0v) is 23.1. The van der Waals surface area contributed by atoms with Crippen molar-refractivity contribution in [1.82, 2.24) is 19.3 Å². The van der Waals surface area contributed by atoms with Gasteiger partial charge >= 0.3 is 16.3 Å². The molecule has 0 saturated heterocycles. The van der Waals surface area contributed by atoms with Gasteiger partial charge in [0, 0.05) is 31.1 Å². The number of ether oxygens (including phenoxy) is 1. The quantitative estimate of drug-likeness (QED) is 0.380. The van der Waals surface area contributed by atoms with Gasteiger partial charge in [0.25, 0.3) is 0 Å². The first-order valence-corrected chi connectivity index (χ1v) is 14.7. The molecule has 0 saturated carbocycles. The van der Waals surface area contributed by atoms with Crippen LogP contribution >= 0.6 is 0 Å². The van der Waals surface area contributed by atoms with E-state index in [4.69, 9.17) is 8.92 Å². The molecule has 3 aliphatic heterocycles. The Labute approximate surface area is 232 Å². The largest absolute Gasteiger partial charge is 0.494 e. The molecule has 0 radical (unpaired) electrons. The number of hydrogen-bond acceptors (Lipinski definition) is 7. The van der Waals surface area contributed by atoms with Crippen LogP contribution in [0.5, 0.6) is 11.5 Å². The van der Waals surface area contributed by atoms with Gasteiger partial charge in [-0.1, -0.05) is 29.5 Å². The molecule has 0 aliphatic carbocycles. The highest BCUT2D eigenvalue weighted by Gasteiger charge is 2.32. The number of aliphatic carboxylic acids is 1. The fraction of sp³-hybridized carbons (Fsp3) is 0.345. The van der Waals surface area contributed by atoms with Gasteiger partial charge in [-0.15, -0.1) is 5.10 Å². The number of hydrogen-bond donors (Lipinski definition) is 1. The normalized spacial score (nSPS) is 20.2. The molecule has 0 fully saturated rings. The van der Waals surface area contributed by atoms with Crippen molar-refractivity contribution >= 4 is 27.3 Å². The summed E-state index contributed by atoms with van der Waals surface area (Å²) in [6, 6.07) is 14.8. The van der Waals surface area contributed by atoms with Crippen molar-refractivity contribution in [2.45, 2.75) is 58.7 Å². The molecule has 3 aliphatic rings. The molecule has 4 aromatic rings. The number of fused-ring (bicyclic) bond motifs is 5. The van der Waals surface area contributed by atoms with E-state index in [1.54, 1.807) is 12.1 Å². The third-order valence-corrected chi connectivity index (χ3v) is 9.06. The summed E-state index contributed by atoms with van der Waals surface area (Å²) in [7, 11) is -4.03. The van der Waals surface area contributed by atoms with Crippen molar-refractivity contribution in [1.29, 1.82) is 0 Å². The second kappa shape index (κ2) is 10.2. The molecule has 9 bridgehead atoms. The van der Waals surface area contributed by atoms with Crippen LogP contribution in [0, 0.1) is 13.8 Å². The van der Waals surface area contributed by atoms with Gasteiger partial charge in [0.2, 0.25) is 0 Å². The Morgan fingerprint density at radius 2 is 1.88 bits per heavy atom. The van der Waals surface area contributed by atoms with Crippen LogP contribution in [0.4, 0.5) is 0 Å². The van der Waals surface area contributed by atoms with Crippen LogP contribution < -0.4 is 8.92 Å². The molecular weight excluding hydrogens is 532 g/mol. The van der Waals surface area contributed by atoms with E-state index >= 15 is 0 Å². The summed E-state index contributed by atoms with van der Waals surface area (Å²) in [4.78, 5) is 12.0. The van der Waals surface area contributed by atoms with Gasteiger partial charge in [0.1, 0.15) is 17.0 Å². The van der Waals surface area contributed by atoms with Crippen molar-refractivity contribution < 1.29 is 27.2 Å². The third-order valence-electron chi connectivity index (χ3n) is 7.78. The van der Waals surface area contributed by atoms with Crippen LogP contribution in [0.3, 0.4) is 0 Å². The minimum absolute atomic E-state index is 0.0820. The van der Waals surface area contributed by atoms with Gasteiger partial charge in [-0.05, 0) is 78.8 Å². The van der Waals surface area contributed by atoms with E-state index in [1.165, 1.54) is 4.31 Å². The summed E-state index contributed by atoms with van der Waals surface area (Å²) < 4.78 is 40.7. The lowest BCUT2D eigenvalue weighted by molar-refractivity contribution is -0.137. The molecule has 1 aromatic heterocycles. The maximum atomic E-state index is 13.1. The summed E-state index contributed by atoms with van der Waals surface area (Å²) in [5.74, 6) is -0.426. The van der Waals surface area contributed by atoms with E-state index in [-0.39, 0.29) is 19.5 Å². The molecule has 40 heavy (non-hydrogen) atoms. The number of carbonyl (C=O) groups is 1. The number of aromatic nitrogens is 3. The predicted octanol–water partition coefficient (Wildman–Crippen LogP) is 4.47.